The van der Waals surface area contributed by atoms with Crippen molar-refractivity contribution in [2.45, 2.75) is 53.1 Å². The lowest BCUT2D eigenvalue weighted by Gasteiger charge is -2.17. The van der Waals surface area contributed by atoms with Crippen LogP contribution in [0.2, 0.25) is 5.02 Å². The van der Waals surface area contributed by atoms with Crippen LogP contribution < -0.4 is 4.74 Å². The Kier molecular flexibility index (Phi) is 8.84. The minimum absolute atomic E-state index is 0.630. The Bertz CT molecular complexity index is 1210. The lowest BCUT2D eigenvalue weighted by Crippen LogP contribution is -2.22. The summed E-state index contributed by atoms with van der Waals surface area (Å²) < 4.78 is 8.37. The first-order valence-corrected chi connectivity index (χ1v) is 13.2. The fourth-order valence-corrected chi connectivity index (χ4v) is 4.51. The molecule has 0 N–H and O–H groups in total. The second kappa shape index (κ2) is 12.2. The van der Waals surface area contributed by atoms with E-state index >= 15 is 0 Å². The van der Waals surface area contributed by atoms with Crippen molar-refractivity contribution in [1.82, 2.24) is 14.5 Å². The molecule has 0 aliphatic rings. The van der Waals surface area contributed by atoms with Gasteiger partial charge in [-0.2, -0.15) is 0 Å². The molecule has 4 aromatic rings. The van der Waals surface area contributed by atoms with E-state index in [4.69, 9.17) is 21.3 Å². The van der Waals surface area contributed by atoms with E-state index in [-0.39, 0.29) is 0 Å². The van der Waals surface area contributed by atoms with Crippen LogP contribution in [0, 0.1) is 0 Å². The van der Waals surface area contributed by atoms with Crippen LogP contribution in [-0.4, -0.2) is 34.1 Å². The topological polar surface area (TPSA) is 30.3 Å². The molecule has 0 spiro atoms. The summed E-state index contributed by atoms with van der Waals surface area (Å²) in [5, 5.41) is 0.760. The fraction of sp³-hybridized carbons (Fsp3) is 0.367. The maximum absolute atomic E-state index is 5.99. The highest BCUT2D eigenvalue weighted by atomic mass is 35.5. The molecule has 0 radical (unpaired) electrons. The van der Waals surface area contributed by atoms with Gasteiger partial charge in [0.05, 0.1) is 17.6 Å². The summed E-state index contributed by atoms with van der Waals surface area (Å²) in [5.74, 6) is 1.90. The molecule has 0 bridgehead atoms. The average Bonchev–Trinajstić information content (AvgIpc) is 3.25. The third-order valence-electron chi connectivity index (χ3n) is 6.53. The number of imidazole rings is 1. The maximum Gasteiger partial charge on any atom is 0.141 e. The van der Waals surface area contributed by atoms with Gasteiger partial charge in [0, 0.05) is 30.1 Å². The second-order valence-corrected chi connectivity index (χ2v) is 9.41. The van der Waals surface area contributed by atoms with Crippen molar-refractivity contribution in [2.24, 2.45) is 0 Å². The Labute approximate surface area is 214 Å². The quantitative estimate of drug-likeness (QED) is 0.205. The van der Waals surface area contributed by atoms with E-state index < -0.39 is 0 Å². The van der Waals surface area contributed by atoms with Crippen molar-refractivity contribution in [2.75, 3.05) is 19.7 Å². The third kappa shape index (κ3) is 6.45. The van der Waals surface area contributed by atoms with Crippen molar-refractivity contribution in [3.63, 3.8) is 0 Å². The van der Waals surface area contributed by atoms with Crippen LogP contribution in [0.5, 0.6) is 5.75 Å². The smallest absolute Gasteiger partial charge is 0.141 e. The number of nitrogens with zero attached hydrogens (tertiary/aromatic N) is 3. The molecule has 0 saturated heterocycles. The van der Waals surface area contributed by atoms with Crippen LogP contribution >= 0.6 is 11.6 Å². The summed E-state index contributed by atoms with van der Waals surface area (Å²) in [4.78, 5) is 7.52. The molecule has 1 aromatic heterocycles. The van der Waals surface area contributed by atoms with Crippen LogP contribution in [0.25, 0.3) is 22.4 Å². The number of unbranched alkanes of at least 4 members (excludes halogenated alkanes) is 1. The molecule has 0 atom stereocenters. The molecular formula is C30H36ClN3O. The van der Waals surface area contributed by atoms with Gasteiger partial charge in [0.15, 0.2) is 0 Å². The van der Waals surface area contributed by atoms with Crippen molar-refractivity contribution < 1.29 is 4.74 Å². The van der Waals surface area contributed by atoms with Crippen LogP contribution in [0.3, 0.4) is 0 Å². The van der Waals surface area contributed by atoms with Gasteiger partial charge in [-0.3, -0.25) is 4.90 Å². The highest BCUT2D eigenvalue weighted by molar-refractivity contribution is 6.30. The van der Waals surface area contributed by atoms with Crippen LogP contribution in [-0.2, 0) is 19.5 Å². The van der Waals surface area contributed by atoms with Crippen LogP contribution in [0.15, 0.2) is 66.7 Å². The van der Waals surface area contributed by atoms with E-state index in [1.54, 1.807) is 0 Å². The van der Waals surface area contributed by atoms with Crippen molar-refractivity contribution in [3.8, 4) is 17.1 Å². The highest BCUT2D eigenvalue weighted by Crippen LogP contribution is 2.28. The van der Waals surface area contributed by atoms with Gasteiger partial charge in [-0.1, -0.05) is 57.0 Å². The monoisotopic (exact) mass is 489 g/mol. The number of halogens is 1. The van der Waals surface area contributed by atoms with Crippen LogP contribution in [0.1, 0.15) is 44.7 Å². The molecular weight excluding hydrogens is 454 g/mol. The average molecular weight is 490 g/mol. The summed E-state index contributed by atoms with van der Waals surface area (Å²) in [5.41, 5.74) is 5.94. The number of rotatable bonds is 12. The molecule has 35 heavy (non-hydrogen) atoms. The zero-order valence-electron chi connectivity index (χ0n) is 21.1. The van der Waals surface area contributed by atoms with E-state index in [1.165, 1.54) is 16.6 Å². The van der Waals surface area contributed by atoms with E-state index in [1.807, 2.05) is 36.4 Å². The molecule has 4 nitrogen and oxygen atoms in total. The number of aryl methyl sites for hydroxylation is 1. The van der Waals surface area contributed by atoms with Crippen LogP contribution in [0.4, 0.5) is 0 Å². The molecule has 1 heterocycles. The first-order valence-electron chi connectivity index (χ1n) is 12.8. The standard InChI is InChI=1S/C30H36ClN3O/c1-4-7-19-34-29-17-10-24(22-33(5-2)6-3)21-28(29)32-30(34)25-11-15-27(16-12-25)35-20-18-23-8-13-26(31)14-9-23/h8-17,21H,4-7,18-20,22H2,1-3H3. The van der Waals surface area contributed by atoms with E-state index in [0.717, 1.165) is 73.1 Å². The predicted octanol–water partition coefficient (Wildman–Crippen LogP) is 7.62. The maximum atomic E-state index is 5.99. The summed E-state index contributed by atoms with van der Waals surface area (Å²) >= 11 is 5.97. The summed E-state index contributed by atoms with van der Waals surface area (Å²) in [7, 11) is 0. The minimum Gasteiger partial charge on any atom is -0.493 e. The van der Waals surface area contributed by atoms with Gasteiger partial charge in [-0.05, 0) is 79.2 Å². The normalized spacial score (nSPS) is 11.5. The molecule has 0 unspecified atom stereocenters. The Morgan fingerprint density at radius 3 is 2.29 bits per heavy atom. The van der Waals surface area contributed by atoms with Gasteiger partial charge in [-0.15, -0.1) is 0 Å². The molecule has 0 amide bonds. The number of ether oxygens (including phenoxy) is 1. The number of fused-ring (bicyclic) bond motifs is 1. The summed E-state index contributed by atoms with van der Waals surface area (Å²) in [6, 6.07) is 23.0. The zero-order valence-corrected chi connectivity index (χ0v) is 21.9. The predicted molar refractivity (Wildman–Crippen MR) is 147 cm³/mol. The molecule has 5 heteroatoms. The number of hydrogen-bond acceptors (Lipinski definition) is 3. The van der Waals surface area contributed by atoms with Crippen molar-refractivity contribution >= 4 is 22.6 Å². The summed E-state index contributed by atoms with van der Waals surface area (Å²) in [6.45, 7) is 11.3. The molecule has 0 saturated carbocycles. The zero-order chi connectivity index (χ0) is 24.6. The lowest BCUT2D eigenvalue weighted by atomic mass is 10.1. The molecule has 0 aliphatic carbocycles. The van der Waals surface area contributed by atoms with Gasteiger partial charge < -0.3 is 9.30 Å². The minimum atomic E-state index is 0.630. The SMILES string of the molecule is CCCCn1c(-c2ccc(OCCc3ccc(Cl)cc3)cc2)nc2cc(CN(CC)CC)ccc21. The van der Waals surface area contributed by atoms with Gasteiger partial charge in [0.25, 0.3) is 0 Å². The first-order chi connectivity index (χ1) is 17.1. The largest absolute Gasteiger partial charge is 0.493 e. The fourth-order valence-electron chi connectivity index (χ4n) is 4.38. The number of aromatic nitrogens is 2. The van der Waals surface area contributed by atoms with Gasteiger partial charge in [-0.25, -0.2) is 4.98 Å². The number of hydrogen-bond donors (Lipinski definition) is 0. The highest BCUT2D eigenvalue weighted by Gasteiger charge is 2.14. The molecule has 184 valence electrons. The molecule has 3 aromatic carbocycles. The third-order valence-corrected chi connectivity index (χ3v) is 6.79. The molecule has 0 fully saturated rings. The Morgan fingerprint density at radius 2 is 1.60 bits per heavy atom. The van der Waals surface area contributed by atoms with Crippen molar-refractivity contribution in [3.05, 3.63) is 82.9 Å². The van der Waals surface area contributed by atoms with E-state index in [2.05, 4.69) is 60.6 Å². The lowest BCUT2D eigenvalue weighted by molar-refractivity contribution is 0.296. The molecule has 0 aliphatic heterocycles. The number of benzene rings is 3. The first kappa shape index (κ1) is 25.3. The van der Waals surface area contributed by atoms with Gasteiger partial charge in [0.2, 0.25) is 0 Å². The van der Waals surface area contributed by atoms with E-state index in [9.17, 15) is 0 Å². The Balaban J connectivity index is 1.52. The van der Waals surface area contributed by atoms with Gasteiger partial charge >= 0.3 is 0 Å². The molecule has 4 rings (SSSR count). The second-order valence-electron chi connectivity index (χ2n) is 8.97. The van der Waals surface area contributed by atoms with Gasteiger partial charge in [0.1, 0.15) is 11.6 Å². The Hall–Kier alpha value is -2.82. The summed E-state index contributed by atoms with van der Waals surface area (Å²) in [6.07, 6.45) is 3.13. The van der Waals surface area contributed by atoms with Crippen molar-refractivity contribution in [1.29, 1.82) is 0 Å². The Morgan fingerprint density at radius 1 is 0.886 bits per heavy atom. The van der Waals surface area contributed by atoms with E-state index in [0.29, 0.717) is 6.61 Å².